The van der Waals surface area contributed by atoms with Crippen LogP contribution in [0.3, 0.4) is 0 Å². The van der Waals surface area contributed by atoms with E-state index in [1.165, 1.54) is 0 Å². The summed E-state index contributed by atoms with van der Waals surface area (Å²) >= 11 is 12.2. The van der Waals surface area contributed by atoms with Crippen molar-refractivity contribution in [2.75, 3.05) is 28.3 Å². The largest absolute Gasteiger partial charge is 0.495 e. The third-order valence-electron chi connectivity index (χ3n) is 2.23. The summed E-state index contributed by atoms with van der Waals surface area (Å²) in [7, 11) is 6.99. The second kappa shape index (κ2) is 5.73. The fourth-order valence-electron chi connectivity index (χ4n) is 1.51. The average Bonchev–Trinajstić information content (AvgIpc) is 2.23. The van der Waals surface area contributed by atoms with E-state index >= 15 is 0 Å². The van der Waals surface area contributed by atoms with Crippen molar-refractivity contribution < 1.29 is 9.47 Å². The predicted octanol–water partition coefficient (Wildman–Crippen LogP) is 3.21. The van der Waals surface area contributed by atoms with Gasteiger partial charge in [0.15, 0.2) is 0 Å². The van der Waals surface area contributed by atoms with Gasteiger partial charge in [0, 0.05) is 18.7 Å². The van der Waals surface area contributed by atoms with Gasteiger partial charge < -0.3 is 9.47 Å². The molecule has 1 unspecified atom stereocenters. The molecule has 16 heavy (non-hydrogen) atoms. The lowest BCUT2D eigenvalue weighted by Crippen LogP contribution is -2.21. The minimum absolute atomic E-state index is 0.226. The van der Waals surface area contributed by atoms with Gasteiger partial charge >= 0.3 is 0 Å². The molecule has 1 aromatic rings. The van der Waals surface area contributed by atoms with Crippen LogP contribution in [0, 0.1) is 0 Å². The van der Waals surface area contributed by atoms with E-state index in [4.69, 9.17) is 32.7 Å². The number of rotatable bonds is 4. The Balaban J connectivity index is 3.18. The van der Waals surface area contributed by atoms with Crippen LogP contribution < -0.4 is 4.74 Å². The van der Waals surface area contributed by atoms with Crippen LogP contribution in [0.15, 0.2) is 12.1 Å². The lowest BCUT2D eigenvalue weighted by molar-refractivity contribution is -0.00534. The maximum atomic E-state index is 6.15. The molecule has 0 N–H and O–H groups in total. The average molecular weight is 264 g/mol. The van der Waals surface area contributed by atoms with Crippen molar-refractivity contribution in [1.29, 1.82) is 0 Å². The third-order valence-corrected chi connectivity index (χ3v) is 2.85. The van der Waals surface area contributed by atoms with Gasteiger partial charge in [0.2, 0.25) is 0 Å². The van der Waals surface area contributed by atoms with E-state index in [0.29, 0.717) is 15.8 Å². The van der Waals surface area contributed by atoms with E-state index in [2.05, 4.69) is 0 Å². The van der Waals surface area contributed by atoms with Crippen LogP contribution in [0.25, 0.3) is 0 Å². The zero-order chi connectivity index (χ0) is 12.3. The van der Waals surface area contributed by atoms with Crippen molar-refractivity contribution in [3.8, 4) is 5.75 Å². The molecule has 0 aliphatic heterocycles. The first-order chi connectivity index (χ1) is 7.51. The highest BCUT2D eigenvalue weighted by atomic mass is 35.5. The summed E-state index contributed by atoms with van der Waals surface area (Å²) in [5.41, 5.74) is 0.819. The van der Waals surface area contributed by atoms with E-state index in [9.17, 15) is 0 Å². The van der Waals surface area contributed by atoms with Gasteiger partial charge in [-0.2, -0.15) is 0 Å². The van der Waals surface area contributed by atoms with Crippen LogP contribution in [-0.2, 0) is 4.74 Å². The van der Waals surface area contributed by atoms with Crippen molar-refractivity contribution in [2.45, 2.75) is 6.23 Å². The molecule has 0 fully saturated rings. The molecule has 0 aromatic heterocycles. The lowest BCUT2D eigenvalue weighted by Gasteiger charge is -2.24. The van der Waals surface area contributed by atoms with Gasteiger partial charge in [0.05, 0.1) is 17.2 Å². The van der Waals surface area contributed by atoms with Gasteiger partial charge in [-0.3, -0.25) is 4.90 Å². The maximum Gasteiger partial charge on any atom is 0.138 e. The van der Waals surface area contributed by atoms with Crippen LogP contribution in [-0.4, -0.2) is 33.2 Å². The Morgan fingerprint density at radius 2 is 1.75 bits per heavy atom. The molecule has 5 heteroatoms. The number of halogens is 2. The van der Waals surface area contributed by atoms with Gasteiger partial charge in [0.25, 0.3) is 0 Å². The Kier molecular flexibility index (Phi) is 4.87. The minimum Gasteiger partial charge on any atom is -0.495 e. The van der Waals surface area contributed by atoms with Crippen LogP contribution in [0.4, 0.5) is 0 Å². The molecule has 90 valence electrons. The van der Waals surface area contributed by atoms with Crippen molar-refractivity contribution in [1.82, 2.24) is 4.90 Å². The van der Waals surface area contributed by atoms with Crippen molar-refractivity contribution >= 4 is 23.2 Å². The van der Waals surface area contributed by atoms with Crippen molar-refractivity contribution in [3.63, 3.8) is 0 Å². The van der Waals surface area contributed by atoms with E-state index in [1.54, 1.807) is 26.4 Å². The van der Waals surface area contributed by atoms with Crippen LogP contribution >= 0.6 is 23.2 Å². The first-order valence-corrected chi connectivity index (χ1v) is 5.49. The van der Waals surface area contributed by atoms with Gasteiger partial charge in [-0.15, -0.1) is 0 Å². The molecule has 0 radical (unpaired) electrons. The van der Waals surface area contributed by atoms with E-state index in [-0.39, 0.29) is 6.23 Å². The van der Waals surface area contributed by atoms with Crippen molar-refractivity contribution in [2.24, 2.45) is 0 Å². The molecular formula is C11H15Cl2NO2. The number of ether oxygens (including phenoxy) is 2. The highest BCUT2D eigenvalue weighted by Gasteiger charge is 2.18. The topological polar surface area (TPSA) is 21.7 Å². The number of methoxy groups -OCH3 is 2. The van der Waals surface area contributed by atoms with E-state index in [0.717, 1.165) is 5.56 Å². The molecule has 0 aliphatic rings. The molecule has 1 rings (SSSR count). The summed E-state index contributed by atoms with van der Waals surface area (Å²) in [6.45, 7) is 0. The molecule has 0 aliphatic carbocycles. The number of benzene rings is 1. The highest BCUT2D eigenvalue weighted by Crippen LogP contribution is 2.35. The summed E-state index contributed by atoms with van der Waals surface area (Å²) in [5.74, 6) is 0.559. The Bertz CT molecular complexity index is 369. The van der Waals surface area contributed by atoms with Crippen LogP contribution in [0.2, 0.25) is 10.0 Å². The standard InChI is InChI=1S/C11H15Cl2NO2/c1-14(2)11(16-4)7-5-9(13)10(15-3)6-8(7)12/h5-6,11H,1-4H3. The number of nitrogens with zero attached hydrogens (tertiary/aromatic N) is 1. The third kappa shape index (κ3) is 2.80. The summed E-state index contributed by atoms with van der Waals surface area (Å²) in [4.78, 5) is 1.91. The van der Waals surface area contributed by atoms with Crippen LogP contribution in [0.1, 0.15) is 11.8 Å². The quantitative estimate of drug-likeness (QED) is 0.779. The summed E-state index contributed by atoms with van der Waals surface area (Å²) in [6.07, 6.45) is -0.226. The molecule has 0 spiro atoms. The monoisotopic (exact) mass is 263 g/mol. The summed E-state index contributed by atoms with van der Waals surface area (Å²) in [5, 5.41) is 1.09. The smallest absolute Gasteiger partial charge is 0.138 e. The Morgan fingerprint density at radius 3 is 2.19 bits per heavy atom. The molecule has 0 heterocycles. The molecule has 0 saturated carbocycles. The van der Waals surface area contributed by atoms with Crippen molar-refractivity contribution in [3.05, 3.63) is 27.7 Å². The van der Waals surface area contributed by atoms with E-state index < -0.39 is 0 Å². The Morgan fingerprint density at radius 1 is 1.12 bits per heavy atom. The number of hydrogen-bond donors (Lipinski definition) is 0. The first-order valence-electron chi connectivity index (χ1n) is 4.73. The second-order valence-corrected chi connectivity index (χ2v) is 4.37. The van der Waals surface area contributed by atoms with Gasteiger partial charge in [-0.05, 0) is 20.2 Å². The predicted molar refractivity (Wildman–Crippen MR) is 66.5 cm³/mol. The lowest BCUT2D eigenvalue weighted by atomic mass is 10.1. The zero-order valence-electron chi connectivity index (χ0n) is 9.75. The number of hydrogen-bond acceptors (Lipinski definition) is 3. The molecular weight excluding hydrogens is 249 g/mol. The maximum absolute atomic E-state index is 6.15. The fraction of sp³-hybridized carbons (Fsp3) is 0.455. The molecule has 0 saturated heterocycles. The normalized spacial score (nSPS) is 12.9. The first kappa shape index (κ1) is 13.6. The molecule has 1 atom stereocenters. The molecule has 1 aromatic carbocycles. The summed E-state index contributed by atoms with van der Waals surface area (Å²) < 4.78 is 10.4. The van der Waals surface area contributed by atoms with Crippen LogP contribution in [0.5, 0.6) is 5.75 Å². The Labute approximate surface area is 106 Å². The second-order valence-electron chi connectivity index (χ2n) is 3.56. The van der Waals surface area contributed by atoms with Gasteiger partial charge in [-0.1, -0.05) is 23.2 Å². The molecule has 3 nitrogen and oxygen atoms in total. The molecule has 0 amide bonds. The summed E-state index contributed by atoms with van der Waals surface area (Å²) in [6, 6.07) is 3.45. The fourth-order valence-corrected chi connectivity index (χ4v) is 2.00. The highest BCUT2D eigenvalue weighted by molar-refractivity contribution is 6.34. The Hall–Kier alpha value is -0.480. The SMILES string of the molecule is COc1cc(Cl)c(C(OC)N(C)C)cc1Cl. The molecule has 0 bridgehead atoms. The van der Waals surface area contributed by atoms with E-state index in [1.807, 2.05) is 19.0 Å². The zero-order valence-corrected chi connectivity index (χ0v) is 11.3. The van der Waals surface area contributed by atoms with Gasteiger partial charge in [-0.25, -0.2) is 0 Å². The van der Waals surface area contributed by atoms with Gasteiger partial charge in [0.1, 0.15) is 12.0 Å². The minimum atomic E-state index is -0.226.